The fourth-order valence-corrected chi connectivity index (χ4v) is 3.48. The van der Waals surface area contributed by atoms with Gasteiger partial charge in [0.25, 0.3) is 5.91 Å². The van der Waals surface area contributed by atoms with Gasteiger partial charge in [-0.15, -0.1) is 0 Å². The minimum absolute atomic E-state index is 0.0454. The van der Waals surface area contributed by atoms with Crippen LogP contribution < -0.4 is 0 Å². The summed E-state index contributed by atoms with van der Waals surface area (Å²) in [6, 6.07) is 7.06. The lowest BCUT2D eigenvalue weighted by Crippen LogP contribution is -2.42. The third-order valence-corrected chi connectivity index (χ3v) is 4.53. The molecule has 1 unspecified atom stereocenters. The van der Waals surface area contributed by atoms with Crippen LogP contribution in [0.5, 0.6) is 0 Å². The van der Waals surface area contributed by atoms with Crippen molar-refractivity contribution in [3.8, 4) is 0 Å². The molecule has 1 aliphatic heterocycles. The smallest absolute Gasteiger partial charge is 0.257 e. The van der Waals surface area contributed by atoms with Crippen molar-refractivity contribution >= 4 is 11.6 Å². The van der Waals surface area contributed by atoms with Crippen LogP contribution in [-0.4, -0.2) is 52.9 Å². The normalized spacial score (nSPS) is 17.4. The van der Waals surface area contributed by atoms with Gasteiger partial charge < -0.3 is 13.9 Å². The van der Waals surface area contributed by atoms with Gasteiger partial charge in [-0.2, -0.15) is 5.10 Å². The molecule has 1 amide bonds. The predicted molar refractivity (Wildman–Crippen MR) is 106 cm³/mol. The number of rotatable bonds is 8. The Morgan fingerprint density at radius 2 is 2.04 bits per heavy atom. The highest BCUT2D eigenvalue weighted by Crippen LogP contribution is 2.33. The number of hydrogen-bond acceptors (Lipinski definition) is 6. The topological polar surface area (TPSA) is 82.4 Å². The molecule has 0 aliphatic carbocycles. The summed E-state index contributed by atoms with van der Waals surface area (Å²) in [5, 5.41) is 15.3. The maximum absolute atomic E-state index is 13.2. The van der Waals surface area contributed by atoms with Crippen molar-refractivity contribution in [2.24, 2.45) is 10.5 Å². The number of carbonyl (C=O) groups excluding carboxylic acids is 1. The lowest BCUT2D eigenvalue weighted by Gasteiger charge is -2.31. The van der Waals surface area contributed by atoms with Gasteiger partial charge in [-0.05, 0) is 36.1 Å². The van der Waals surface area contributed by atoms with Crippen molar-refractivity contribution in [1.29, 1.82) is 0 Å². The molecule has 0 fully saturated rings. The molecule has 2 aromatic heterocycles. The van der Waals surface area contributed by atoms with Crippen molar-refractivity contribution < 1.29 is 18.7 Å². The highest BCUT2D eigenvalue weighted by atomic mass is 16.3. The Hall–Kier alpha value is -2.38. The molecule has 28 heavy (non-hydrogen) atoms. The quantitative estimate of drug-likeness (QED) is 0.752. The van der Waals surface area contributed by atoms with Gasteiger partial charge in [0.1, 0.15) is 23.3 Å². The molecule has 152 valence electrons. The van der Waals surface area contributed by atoms with Crippen LogP contribution in [0.15, 0.2) is 50.7 Å². The average molecular weight is 387 g/mol. The Morgan fingerprint density at radius 3 is 2.64 bits per heavy atom. The first kappa shape index (κ1) is 20.4. The van der Waals surface area contributed by atoms with Crippen LogP contribution in [-0.2, 0) is 4.79 Å². The maximum atomic E-state index is 13.2. The first-order valence-corrected chi connectivity index (χ1v) is 9.67. The van der Waals surface area contributed by atoms with Crippen LogP contribution in [0.3, 0.4) is 0 Å². The Labute approximate surface area is 165 Å². The molecule has 2 aromatic rings. The molecule has 7 nitrogen and oxygen atoms in total. The second-order valence-electron chi connectivity index (χ2n) is 8.35. The van der Waals surface area contributed by atoms with E-state index in [1.807, 2.05) is 24.3 Å². The van der Waals surface area contributed by atoms with Crippen molar-refractivity contribution in [2.45, 2.75) is 39.7 Å². The molecule has 3 heterocycles. The Balaban J connectivity index is 1.79. The number of aliphatic hydroxyl groups excluding tert-OH is 1. The van der Waals surface area contributed by atoms with E-state index in [1.54, 1.807) is 12.5 Å². The van der Waals surface area contributed by atoms with Gasteiger partial charge in [0, 0.05) is 26.1 Å². The number of aliphatic hydroxyl groups is 1. The highest BCUT2D eigenvalue weighted by molar-refractivity contribution is 6.01. The van der Waals surface area contributed by atoms with E-state index >= 15 is 0 Å². The van der Waals surface area contributed by atoms with Gasteiger partial charge in [-0.25, -0.2) is 5.01 Å². The van der Waals surface area contributed by atoms with E-state index in [9.17, 15) is 9.90 Å². The van der Waals surface area contributed by atoms with E-state index in [4.69, 9.17) is 8.83 Å². The molecule has 3 rings (SSSR count). The molecule has 0 bridgehead atoms. The molecule has 1 N–H and O–H groups in total. The zero-order valence-electron chi connectivity index (χ0n) is 16.8. The van der Waals surface area contributed by atoms with Gasteiger partial charge in [-0.1, -0.05) is 20.8 Å². The first-order valence-electron chi connectivity index (χ1n) is 9.67. The molecule has 0 radical (unpaired) electrons. The van der Waals surface area contributed by atoms with E-state index in [2.05, 4.69) is 30.8 Å². The standard InChI is InChI=1S/C21H29N3O4/c1-21(2,3)15-23(9-6-10-25)14-20(26)24-17(19-8-5-12-28-19)13-16(22-24)18-7-4-11-27-18/h4-5,7-8,11-12,17,25H,6,9-10,13-15H2,1-3H3. The number of furan rings is 2. The number of hydrogen-bond donors (Lipinski definition) is 1. The number of carbonyl (C=O) groups is 1. The van der Waals surface area contributed by atoms with E-state index in [1.165, 1.54) is 5.01 Å². The van der Waals surface area contributed by atoms with Crippen molar-refractivity contribution in [2.75, 3.05) is 26.2 Å². The van der Waals surface area contributed by atoms with Crippen LogP contribution >= 0.6 is 0 Å². The molecule has 0 aromatic carbocycles. The average Bonchev–Trinajstić information content (AvgIpc) is 3.38. The highest BCUT2D eigenvalue weighted by Gasteiger charge is 2.36. The Morgan fingerprint density at radius 1 is 1.29 bits per heavy atom. The van der Waals surface area contributed by atoms with Gasteiger partial charge in [0.05, 0.1) is 19.1 Å². The lowest BCUT2D eigenvalue weighted by atomic mass is 9.96. The Kier molecular flexibility index (Phi) is 6.36. The minimum atomic E-state index is -0.281. The molecule has 1 aliphatic rings. The van der Waals surface area contributed by atoms with Crippen LogP contribution in [0.1, 0.15) is 51.2 Å². The molecular weight excluding hydrogens is 358 g/mol. The molecule has 0 spiro atoms. The largest absolute Gasteiger partial charge is 0.467 e. The number of hydrazone groups is 1. The monoisotopic (exact) mass is 387 g/mol. The fraction of sp³-hybridized carbons (Fsp3) is 0.524. The summed E-state index contributed by atoms with van der Waals surface area (Å²) in [4.78, 5) is 15.2. The fourth-order valence-electron chi connectivity index (χ4n) is 3.48. The van der Waals surface area contributed by atoms with Gasteiger partial charge >= 0.3 is 0 Å². The van der Waals surface area contributed by atoms with Gasteiger partial charge in [0.15, 0.2) is 0 Å². The first-order chi connectivity index (χ1) is 13.4. The molecular formula is C21H29N3O4. The molecule has 1 atom stereocenters. The number of amides is 1. The zero-order chi connectivity index (χ0) is 20.1. The van der Waals surface area contributed by atoms with Crippen molar-refractivity contribution in [3.05, 3.63) is 48.3 Å². The molecule has 7 heteroatoms. The van der Waals surface area contributed by atoms with Crippen molar-refractivity contribution in [1.82, 2.24) is 9.91 Å². The summed E-state index contributed by atoms with van der Waals surface area (Å²) >= 11 is 0. The SMILES string of the molecule is CC(C)(C)CN(CCCO)CC(=O)N1N=C(c2ccco2)CC1c1ccco1. The predicted octanol–water partition coefficient (Wildman–Crippen LogP) is 3.28. The number of nitrogens with zero attached hydrogens (tertiary/aromatic N) is 3. The van der Waals surface area contributed by atoms with Crippen molar-refractivity contribution in [3.63, 3.8) is 0 Å². The van der Waals surface area contributed by atoms with E-state index in [0.717, 1.165) is 12.3 Å². The summed E-state index contributed by atoms with van der Waals surface area (Å²) in [7, 11) is 0. The third kappa shape index (κ3) is 5.11. The second kappa shape index (κ2) is 8.75. The summed E-state index contributed by atoms with van der Waals surface area (Å²) in [5.41, 5.74) is 0.779. The zero-order valence-corrected chi connectivity index (χ0v) is 16.8. The summed E-state index contributed by atoms with van der Waals surface area (Å²) in [6.07, 6.45) is 4.38. The van der Waals surface area contributed by atoms with Crippen LogP contribution in [0, 0.1) is 5.41 Å². The van der Waals surface area contributed by atoms with E-state index in [0.29, 0.717) is 30.9 Å². The van der Waals surface area contributed by atoms with Crippen LogP contribution in [0.25, 0.3) is 0 Å². The summed E-state index contributed by atoms with van der Waals surface area (Å²) < 4.78 is 11.0. The van der Waals surface area contributed by atoms with E-state index in [-0.39, 0.29) is 30.5 Å². The van der Waals surface area contributed by atoms with Crippen LogP contribution in [0.2, 0.25) is 0 Å². The molecule has 0 saturated heterocycles. The lowest BCUT2D eigenvalue weighted by molar-refractivity contribution is -0.134. The summed E-state index contributed by atoms with van der Waals surface area (Å²) in [5.74, 6) is 1.28. The van der Waals surface area contributed by atoms with E-state index < -0.39 is 0 Å². The minimum Gasteiger partial charge on any atom is -0.467 e. The third-order valence-electron chi connectivity index (χ3n) is 4.53. The second-order valence-corrected chi connectivity index (χ2v) is 8.35. The maximum Gasteiger partial charge on any atom is 0.257 e. The molecule has 0 saturated carbocycles. The van der Waals surface area contributed by atoms with Crippen LogP contribution in [0.4, 0.5) is 0 Å². The summed E-state index contributed by atoms with van der Waals surface area (Å²) in [6.45, 7) is 8.17. The van der Waals surface area contributed by atoms with Gasteiger partial charge in [-0.3, -0.25) is 9.69 Å². The van der Waals surface area contributed by atoms with Gasteiger partial charge in [0.2, 0.25) is 0 Å². The Bertz CT molecular complexity index is 775.